The highest BCUT2D eigenvalue weighted by atomic mass is 16.5. The number of hydrogen-bond acceptors (Lipinski definition) is 5. The number of rotatable bonds is 8. The lowest BCUT2D eigenvalue weighted by Crippen LogP contribution is -2.41. The van der Waals surface area contributed by atoms with Crippen LogP contribution in [-0.4, -0.2) is 36.6 Å². The van der Waals surface area contributed by atoms with Gasteiger partial charge in [-0.2, -0.15) is 5.10 Å². The Morgan fingerprint density at radius 2 is 1.72 bits per heavy atom. The highest BCUT2D eigenvalue weighted by Crippen LogP contribution is 2.16. The Bertz CT molecular complexity index is 868. The summed E-state index contributed by atoms with van der Waals surface area (Å²) in [7, 11) is 0. The lowest BCUT2D eigenvalue weighted by atomic mass is 10.2. The number of anilines is 1. The highest BCUT2D eigenvalue weighted by Gasteiger charge is 2.14. The Labute approximate surface area is 169 Å². The number of nitrogens with zero attached hydrogens (tertiary/aromatic N) is 1. The van der Waals surface area contributed by atoms with Gasteiger partial charge in [0.2, 0.25) is 0 Å². The average molecular weight is 396 g/mol. The second-order valence-electron chi connectivity index (χ2n) is 6.22. The van der Waals surface area contributed by atoms with E-state index in [0.29, 0.717) is 23.4 Å². The van der Waals surface area contributed by atoms with Gasteiger partial charge in [-0.25, -0.2) is 5.43 Å². The Kier molecular flexibility index (Phi) is 8.37. The summed E-state index contributed by atoms with van der Waals surface area (Å²) < 4.78 is 5.55. The highest BCUT2D eigenvalue weighted by molar-refractivity contribution is 6.35. The molecule has 8 nitrogen and oxygen atoms in total. The van der Waals surface area contributed by atoms with Crippen molar-refractivity contribution in [1.29, 1.82) is 0 Å². The molecule has 0 fully saturated rings. The van der Waals surface area contributed by atoms with Crippen LogP contribution in [0.2, 0.25) is 0 Å². The molecule has 0 aromatic heterocycles. The van der Waals surface area contributed by atoms with Crippen LogP contribution in [0, 0.1) is 0 Å². The van der Waals surface area contributed by atoms with Crippen LogP contribution in [0.4, 0.5) is 5.69 Å². The third kappa shape index (κ3) is 7.45. The molecule has 2 aromatic rings. The smallest absolute Gasteiger partial charge is 0.329 e. The molecule has 3 amide bonds. The SMILES string of the molecule is CC[C@H](C)NC(=O)C(=O)N/N=C\c1ccccc1OCC(=O)Nc1ccccc1. The summed E-state index contributed by atoms with van der Waals surface area (Å²) in [6.07, 6.45) is 2.06. The van der Waals surface area contributed by atoms with Crippen molar-refractivity contribution in [3.05, 3.63) is 60.2 Å². The number of carbonyl (C=O) groups is 3. The molecule has 1 atom stereocenters. The van der Waals surface area contributed by atoms with E-state index in [2.05, 4.69) is 21.2 Å². The third-order valence-electron chi connectivity index (χ3n) is 3.90. The lowest BCUT2D eigenvalue weighted by Gasteiger charge is -2.10. The lowest BCUT2D eigenvalue weighted by molar-refractivity contribution is -0.139. The van der Waals surface area contributed by atoms with Crippen molar-refractivity contribution in [2.75, 3.05) is 11.9 Å². The Balaban J connectivity index is 1.89. The largest absolute Gasteiger partial charge is 0.483 e. The van der Waals surface area contributed by atoms with E-state index in [1.807, 2.05) is 25.1 Å². The summed E-state index contributed by atoms with van der Waals surface area (Å²) in [6, 6.07) is 15.8. The summed E-state index contributed by atoms with van der Waals surface area (Å²) >= 11 is 0. The van der Waals surface area contributed by atoms with Gasteiger partial charge in [-0.15, -0.1) is 0 Å². The molecule has 0 unspecified atom stereocenters. The van der Waals surface area contributed by atoms with Crippen LogP contribution in [0.15, 0.2) is 59.7 Å². The van der Waals surface area contributed by atoms with Crippen molar-refractivity contribution in [2.45, 2.75) is 26.3 Å². The van der Waals surface area contributed by atoms with Crippen LogP contribution in [0.3, 0.4) is 0 Å². The molecule has 0 aliphatic rings. The van der Waals surface area contributed by atoms with Crippen molar-refractivity contribution < 1.29 is 19.1 Å². The summed E-state index contributed by atoms with van der Waals surface area (Å²) in [5.74, 6) is -1.50. The van der Waals surface area contributed by atoms with Gasteiger partial charge < -0.3 is 15.4 Å². The van der Waals surface area contributed by atoms with E-state index in [4.69, 9.17) is 4.74 Å². The molecule has 0 saturated heterocycles. The van der Waals surface area contributed by atoms with Crippen molar-refractivity contribution in [1.82, 2.24) is 10.7 Å². The summed E-state index contributed by atoms with van der Waals surface area (Å²) in [5, 5.41) is 9.06. The molecular formula is C21H24N4O4. The fourth-order valence-corrected chi connectivity index (χ4v) is 2.18. The molecule has 2 rings (SSSR count). The maximum Gasteiger partial charge on any atom is 0.329 e. The number of nitrogens with one attached hydrogen (secondary N) is 3. The van der Waals surface area contributed by atoms with E-state index in [1.165, 1.54) is 6.21 Å². The minimum Gasteiger partial charge on any atom is -0.483 e. The van der Waals surface area contributed by atoms with Crippen LogP contribution in [0.5, 0.6) is 5.75 Å². The first-order valence-corrected chi connectivity index (χ1v) is 9.20. The van der Waals surface area contributed by atoms with Gasteiger partial charge in [-0.3, -0.25) is 14.4 Å². The van der Waals surface area contributed by atoms with E-state index in [1.54, 1.807) is 43.3 Å². The van der Waals surface area contributed by atoms with Gasteiger partial charge in [-0.1, -0.05) is 37.3 Å². The van der Waals surface area contributed by atoms with Gasteiger partial charge >= 0.3 is 11.8 Å². The zero-order chi connectivity index (χ0) is 21.1. The molecule has 0 spiro atoms. The number of amides is 3. The van der Waals surface area contributed by atoms with Gasteiger partial charge in [0.15, 0.2) is 6.61 Å². The summed E-state index contributed by atoms with van der Waals surface area (Å²) in [5.41, 5.74) is 3.39. The zero-order valence-electron chi connectivity index (χ0n) is 16.3. The van der Waals surface area contributed by atoms with Crippen LogP contribution in [0.1, 0.15) is 25.8 Å². The summed E-state index contributed by atoms with van der Waals surface area (Å²) in [4.78, 5) is 35.4. The third-order valence-corrected chi connectivity index (χ3v) is 3.90. The van der Waals surface area contributed by atoms with Crippen LogP contribution >= 0.6 is 0 Å². The van der Waals surface area contributed by atoms with Gasteiger partial charge in [0.05, 0.1) is 6.21 Å². The molecule has 0 heterocycles. The molecule has 152 valence electrons. The maximum atomic E-state index is 12.0. The number of ether oxygens (including phenoxy) is 1. The van der Waals surface area contributed by atoms with Crippen molar-refractivity contribution in [3.63, 3.8) is 0 Å². The molecule has 29 heavy (non-hydrogen) atoms. The minimum absolute atomic E-state index is 0.103. The fourth-order valence-electron chi connectivity index (χ4n) is 2.18. The monoisotopic (exact) mass is 396 g/mol. The molecule has 0 radical (unpaired) electrons. The van der Waals surface area contributed by atoms with Crippen LogP contribution in [-0.2, 0) is 14.4 Å². The second-order valence-corrected chi connectivity index (χ2v) is 6.22. The number of para-hydroxylation sites is 2. The first-order chi connectivity index (χ1) is 14.0. The van der Waals surface area contributed by atoms with Crippen LogP contribution < -0.4 is 20.8 Å². The van der Waals surface area contributed by atoms with E-state index in [0.717, 1.165) is 0 Å². The standard InChI is InChI=1S/C21H24N4O4/c1-3-15(2)23-20(27)21(28)25-22-13-16-9-7-8-12-18(16)29-14-19(26)24-17-10-5-4-6-11-17/h4-13,15H,3,14H2,1-2H3,(H,23,27)(H,24,26)(H,25,28)/b22-13-/t15-/m0/s1. The number of carbonyl (C=O) groups excluding carboxylic acids is 3. The molecule has 3 N–H and O–H groups in total. The number of hydrazone groups is 1. The first-order valence-electron chi connectivity index (χ1n) is 9.20. The number of benzene rings is 2. The topological polar surface area (TPSA) is 109 Å². The molecule has 0 aliphatic heterocycles. The second kappa shape index (κ2) is 11.2. The van der Waals surface area contributed by atoms with Gasteiger partial charge in [0.25, 0.3) is 5.91 Å². The van der Waals surface area contributed by atoms with Gasteiger partial charge in [0.1, 0.15) is 5.75 Å². The molecule has 0 bridgehead atoms. The maximum absolute atomic E-state index is 12.0. The molecule has 0 saturated carbocycles. The molecule has 2 aromatic carbocycles. The van der Waals surface area contributed by atoms with Crippen molar-refractivity contribution in [2.24, 2.45) is 5.10 Å². The normalized spacial score (nSPS) is 11.5. The molecular weight excluding hydrogens is 372 g/mol. The predicted octanol–water partition coefficient (Wildman–Crippen LogP) is 2.07. The predicted molar refractivity (Wildman–Crippen MR) is 111 cm³/mol. The first kappa shape index (κ1) is 21.6. The molecule has 8 heteroatoms. The Morgan fingerprint density at radius 1 is 1.03 bits per heavy atom. The zero-order valence-corrected chi connectivity index (χ0v) is 16.3. The van der Waals surface area contributed by atoms with E-state index in [9.17, 15) is 14.4 Å². The Morgan fingerprint density at radius 3 is 2.45 bits per heavy atom. The summed E-state index contributed by atoms with van der Waals surface area (Å²) in [6.45, 7) is 3.51. The van der Waals surface area contributed by atoms with Gasteiger partial charge in [0, 0.05) is 17.3 Å². The van der Waals surface area contributed by atoms with Crippen molar-refractivity contribution in [3.8, 4) is 5.75 Å². The van der Waals surface area contributed by atoms with Crippen molar-refractivity contribution >= 4 is 29.6 Å². The average Bonchev–Trinajstić information content (AvgIpc) is 2.73. The van der Waals surface area contributed by atoms with Gasteiger partial charge in [-0.05, 0) is 37.6 Å². The van der Waals surface area contributed by atoms with E-state index in [-0.39, 0.29) is 18.6 Å². The van der Waals surface area contributed by atoms with E-state index >= 15 is 0 Å². The van der Waals surface area contributed by atoms with E-state index < -0.39 is 11.8 Å². The fraction of sp³-hybridized carbons (Fsp3) is 0.238. The number of hydrogen-bond donors (Lipinski definition) is 3. The van der Waals surface area contributed by atoms with Crippen LogP contribution in [0.25, 0.3) is 0 Å². The minimum atomic E-state index is -0.859. The Hall–Kier alpha value is -3.68. The molecule has 0 aliphatic carbocycles. The quantitative estimate of drug-likeness (QED) is 0.360.